The average Bonchev–Trinajstić information content (AvgIpc) is 3.54. The van der Waals surface area contributed by atoms with Crippen LogP contribution >= 0.6 is 0 Å². The van der Waals surface area contributed by atoms with Gasteiger partial charge in [0, 0.05) is 12.1 Å². The van der Waals surface area contributed by atoms with Crippen LogP contribution in [0.25, 0.3) is 17.0 Å². The highest BCUT2D eigenvalue weighted by atomic mass is 19.1. The first-order chi connectivity index (χ1) is 16.7. The fraction of sp³-hybridized carbons (Fsp3) is 0.346. The zero-order chi connectivity index (χ0) is 24.7. The number of carbonyl (C=O) groups is 1. The van der Waals surface area contributed by atoms with Crippen molar-refractivity contribution in [2.24, 2.45) is 0 Å². The predicted molar refractivity (Wildman–Crippen MR) is 129 cm³/mol. The van der Waals surface area contributed by atoms with Crippen LogP contribution in [0.15, 0.2) is 48.5 Å². The van der Waals surface area contributed by atoms with Crippen LogP contribution in [-0.4, -0.2) is 52.9 Å². The molecule has 2 aromatic heterocycles. The SMILES string of the molecule is CC(C)(O)C(=O)N1CCCC1c1nn(-c2nc3ccccc3[nH]2)c(O)c1CCc1ccc(F)cc1. The lowest BCUT2D eigenvalue weighted by Crippen LogP contribution is -2.45. The van der Waals surface area contributed by atoms with E-state index in [1.54, 1.807) is 17.0 Å². The summed E-state index contributed by atoms with van der Waals surface area (Å²) in [6, 6.07) is 13.4. The number of amides is 1. The third kappa shape index (κ3) is 4.39. The van der Waals surface area contributed by atoms with Crippen molar-refractivity contribution in [2.45, 2.75) is 51.2 Å². The maximum atomic E-state index is 13.4. The Hall–Kier alpha value is -3.72. The van der Waals surface area contributed by atoms with Crippen LogP contribution in [0.1, 0.15) is 49.6 Å². The van der Waals surface area contributed by atoms with E-state index in [1.807, 2.05) is 24.3 Å². The summed E-state index contributed by atoms with van der Waals surface area (Å²) in [5.74, 6) is -0.357. The molecule has 1 saturated heterocycles. The lowest BCUT2D eigenvalue weighted by Gasteiger charge is -2.29. The minimum atomic E-state index is -1.51. The Morgan fingerprint density at radius 2 is 1.91 bits per heavy atom. The van der Waals surface area contributed by atoms with E-state index in [9.17, 15) is 19.4 Å². The standard InChI is InChI=1S/C26H28FN5O3/c1-26(2,35)24(34)31-15-5-8-21(31)22-18(14-11-16-9-12-17(27)13-10-16)23(33)32(30-22)25-28-19-6-3-4-7-20(19)29-25/h3-4,6-7,9-10,12-13,21,33,35H,5,8,11,14-15H2,1-2H3,(H,28,29). The second kappa shape index (κ2) is 8.81. The first-order valence-corrected chi connectivity index (χ1v) is 11.8. The normalized spacial score (nSPS) is 16.3. The maximum absolute atomic E-state index is 13.4. The molecule has 35 heavy (non-hydrogen) atoms. The number of H-pyrrole nitrogens is 1. The Kier molecular flexibility index (Phi) is 5.80. The van der Waals surface area contributed by atoms with E-state index in [0.29, 0.717) is 43.0 Å². The van der Waals surface area contributed by atoms with Crippen LogP contribution in [0.4, 0.5) is 4.39 Å². The summed E-state index contributed by atoms with van der Waals surface area (Å²) in [7, 11) is 0. The molecule has 1 fully saturated rings. The van der Waals surface area contributed by atoms with E-state index in [4.69, 9.17) is 5.10 Å². The molecule has 3 heterocycles. The van der Waals surface area contributed by atoms with Gasteiger partial charge in [0.05, 0.1) is 22.8 Å². The topological polar surface area (TPSA) is 107 Å². The van der Waals surface area contributed by atoms with Gasteiger partial charge in [0.1, 0.15) is 11.4 Å². The van der Waals surface area contributed by atoms with Crippen LogP contribution in [-0.2, 0) is 17.6 Å². The number of para-hydroxylation sites is 2. The molecule has 5 rings (SSSR count). The van der Waals surface area contributed by atoms with Gasteiger partial charge < -0.3 is 20.1 Å². The molecule has 0 bridgehead atoms. The van der Waals surface area contributed by atoms with Gasteiger partial charge in [0.2, 0.25) is 11.8 Å². The molecular formula is C26H28FN5O3. The molecule has 0 radical (unpaired) electrons. The summed E-state index contributed by atoms with van der Waals surface area (Å²) in [5.41, 5.74) is 2.15. The van der Waals surface area contributed by atoms with Crippen molar-refractivity contribution in [2.75, 3.05) is 6.54 Å². The summed E-state index contributed by atoms with van der Waals surface area (Å²) in [6.07, 6.45) is 2.43. The summed E-state index contributed by atoms with van der Waals surface area (Å²) < 4.78 is 14.7. The Morgan fingerprint density at radius 1 is 1.17 bits per heavy atom. The molecule has 0 spiro atoms. The maximum Gasteiger partial charge on any atom is 0.254 e. The lowest BCUT2D eigenvalue weighted by molar-refractivity contribution is -0.148. The van der Waals surface area contributed by atoms with Crippen LogP contribution in [0.2, 0.25) is 0 Å². The number of aromatic nitrogens is 4. The first-order valence-electron chi connectivity index (χ1n) is 11.8. The van der Waals surface area contributed by atoms with Crippen molar-refractivity contribution in [1.82, 2.24) is 24.6 Å². The summed E-state index contributed by atoms with van der Waals surface area (Å²) in [4.78, 5) is 22.4. The Morgan fingerprint density at radius 3 is 2.63 bits per heavy atom. The van der Waals surface area contributed by atoms with Crippen molar-refractivity contribution in [3.8, 4) is 11.8 Å². The number of benzene rings is 2. The fourth-order valence-corrected chi connectivity index (χ4v) is 4.72. The van der Waals surface area contributed by atoms with Gasteiger partial charge in [-0.25, -0.2) is 9.37 Å². The molecule has 9 heteroatoms. The van der Waals surface area contributed by atoms with Crippen molar-refractivity contribution in [3.05, 3.63) is 71.2 Å². The number of aromatic amines is 1. The van der Waals surface area contributed by atoms with Gasteiger partial charge in [-0.05, 0) is 69.4 Å². The summed E-state index contributed by atoms with van der Waals surface area (Å²) in [6.45, 7) is 3.46. The quantitative estimate of drug-likeness (QED) is 0.391. The zero-order valence-electron chi connectivity index (χ0n) is 19.7. The van der Waals surface area contributed by atoms with E-state index in [1.165, 1.54) is 30.7 Å². The van der Waals surface area contributed by atoms with Gasteiger partial charge in [0.25, 0.3) is 5.91 Å². The molecular weight excluding hydrogens is 449 g/mol. The van der Waals surface area contributed by atoms with Gasteiger partial charge in [0.15, 0.2) is 0 Å². The molecule has 1 atom stereocenters. The second-order valence-electron chi connectivity index (χ2n) is 9.52. The molecule has 0 aliphatic carbocycles. The number of aryl methyl sites for hydroxylation is 1. The molecule has 4 aromatic rings. The molecule has 0 saturated carbocycles. The monoisotopic (exact) mass is 477 g/mol. The number of rotatable bonds is 6. The molecule has 1 aliphatic heterocycles. The van der Waals surface area contributed by atoms with Crippen LogP contribution in [0.5, 0.6) is 5.88 Å². The molecule has 1 unspecified atom stereocenters. The Bertz CT molecular complexity index is 1340. The Labute approximate surface area is 202 Å². The van der Waals surface area contributed by atoms with Crippen molar-refractivity contribution >= 4 is 16.9 Å². The number of aromatic hydroxyl groups is 1. The lowest BCUT2D eigenvalue weighted by atomic mass is 9.99. The van der Waals surface area contributed by atoms with Gasteiger partial charge in [-0.3, -0.25) is 4.79 Å². The summed E-state index contributed by atoms with van der Waals surface area (Å²) in [5, 5.41) is 26.4. The van der Waals surface area contributed by atoms with Gasteiger partial charge in [-0.1, -0.05) is 24.3 Å². The van der Waals surface area contributed by atoms with Crippen molar-refractivity contribution in [1.29, 1.82) is 0 Å². The van der Waals surface area contributed by atoms with Crippen LogP contribution in [0.3, 0.4) is 0 Å². The highest BCUT2D eigenvalue weighted by molar-refractivity contribution is 5.84. The molecule has 1 aliphatic rings. The number of hydrogen-bond donors (Lipinski definition) is 3. The second-order valence-corrected chi connectivity index (χ2v) is 9.52. The highest BCUT2D eigenvalue weighted by Gasteiger charge is 2.40. The number of nitrogens with zero attached hydrogens (tertiary/aromatic N) is 4. The minimum Gasteiger partial charge on any atom is -0.493 e. The van der Waals surface area contributed by atoms with E-state index in [2.05, 4.69) is 9.97 Å². The van der Waals surface area contributed by atoms with Gasteiger partial charge in [-0.15, -0.1) is 0 Å². The van der Waals surface area contributed by atoms with E-state index >= 15 is 0 Å². The highest BCUT2D eigenvalue weighted by Crippen LogP contribution is 2.38. The molecule has 182 valence electrons. The first kappa shape index (κ1) is 23.0. The number of imidazole rings is 1. The van der Waals surface area contributed by atoms with E-state index < -0.39 is 5.60 Å². The number of fused-ring (bicyclic) bond motifs is 1. The third-order valence-electron chi connectivity index (χ3n) is 6.49. The predicted octanol–water partition coefficient (Wildman–Crippen LogP) is 3.81. The Balaban J connectivity index is 1.56. The zero-order valence-corrected chi connectivity index (χ0v) is 19.7. The number of aliphatic hydroxyl groups is 1. The van der Waals surface area contributed by atoms with Crippen LogP contribution < -0.4 is 0 Å². The molecule has 2 aromatic carbocycles. The van der Waals surface area contributed by atoms with Crippen molar-refractivity contribution in [3.63, 3.8) is 0 Å². The number of likely N-dealkylation sites (tertiary alicyclic amines) is 1. The van der Waals surface area contributed by atoms with Crippen LogP contribution in [0, 0.1) is 5.82 Å². The number of halogens is 1. The molecule has 1 amide bonds. The van der Waals surface area contributed by atoms with Crippen molar-refractivity contribution < 1.29 is 19.4 Å². The molecule has 8 nitrogen and oxygen atoms in total. The van der Waals surface area contributed by atoms with E-state index in [0.717, 1.165) is 23.0 Å². The fourth-order valence-electron chi connectivity index (χ4n) is 4.72. The largest absolute Gasteiger partial charge is 0.493 e. The van der Waals surface area contributed by atoms with E-state index in [-0.39, 0.29) is 23.6 Å². The number of carbonyl (C=O) groups excluding carboxylic acids is 1. The smallest absolute Gasteiger partial charge is 0.254 e. The third-order valence-corrected chi connectivity index (χ3v) is 6.49. The average molecular weight is 478 g/mol. The number of nitrogens with one attached hydrogen (secondary N) is 1. The molecule has 3 N–H and O–H groups in total. The van der Waals surface area contributed by atoms with Gasteiger partial charge >= 0.3 is 0 Å². The van der Waals surface area contributed by atoms with Gasteiger partial charge in [-0.2, -0.15) is 9.78 Å². The minimum absolute atomic E-state index is 0.0521. The summed E-state index contributed by atoms with van der Waals surface area (Å²) >= 11 is 0. The number of hydrogen-bond acceptors (Lipinski definition) is 5.